The third-order valence-corrected chi connectivity index (χ3v) is 1.65. The Hall–Kier alpha value is -0.630. The molecular formula is C12H24FN. The molecule has 0 aromatic heterocycles. The van der Waals surface area contributed by atoms with Crippen molar-refractivity contribution >= 4 is 0 Å². The van der Waals surface area contributed by atoms with Crippen molar-refractivity contribution in [2.75, 3.05) is 6.54 Å². The molecule has 1 rings (SSSR count). The molecule has 0 fully saturated rings. The maximum Gasteiger partial charge on any atom is 0.100 e. The van der Waals surface area contributed by atoms with Crippen LogP contribution in [-0.2, 0) is 0 Å². The molecule has 0 amide bonds. The molecule has 0 atom stereocenters. The number of halogens is 1. The van der Waals surface area contributed by atoms with Gasteiger partial charge in [0.05, 0.1) is 0 Å². The lowest BCUT2D eigenvalue weighted by Gasteiger charge is -2.07. The van der Waals surface area contributed by atoms with Gasteiger partial charge >= 0.3 is 0 Å². The molecule has 1 nitrogen and oxygen atoms in total. The molecular weight excluding hydrogens is 177 g/mol. The summed E-state index contributed by atoms with van der Waals surface area (Å²) in [5.41, 5.74) is 6.61. The Labute approximate surface area is 87.9 Å². The molecule has 0 bridgehead atoms. The summed E-state index contributed by atoms with van der Waals surface area (Å²) < 4.78 is 12.4. The number of allylic oxidation sites excluding steroid dienone is 3. The molecule has 0 saturated heterocycles. The minimum atomic E-state index is -0.0132. The van der Waals surface area contributed by atoms with Crippen LogP contribution in [0.15, 0.2) is 23.6 Å². The van der Waals surface area contributed by atoms with Crippen LogP contribution in [0.5, 0.6) is 0 Å². The SMILES string of the molecule is CC.CC.NCCC1=CC=C(F)CC1. The lowest BCUT2D eigenvalue weighted by Crippen LogP contribution is -2.01. The summed E-state index contributed by atoms with van der Waals surface area (Å²) in [6, 6.07) is 0. The predicted octanol–water partition coefficient (Wildman–Crippen LogP) is 3.96. The minimum absolute atomic E-state index is 0.0132. The number of hydrogen-bond donors (Lipinski definition) is 1. The van der Waals surface area contributed by atoms with Gasteiger partial charge < -0.3 is 5.73 Å². The van der Waals surface area contributed by atoms with E-state index in [0.717, 1.165) is 12.8 Å². The fraction of sp³-hybridized carbons (Fsp3) is 0.667. The van der Waals surface area contributed by atoms with Gasteiger partial charge in [0, 0.05) is 6.42 Å². The van der Waals surface area contributed by atoms with Crippen LogP contribution in [0.4, 0.5) is 4.39 Å². The van der Waals surface area contributed by atoms with Gasteiger partial charge in [-0.3, -0.25) is 0 Å². The van der Waals surface area contributed by atoms with Gasteiger partial charge in [0.2, 0.25) is 0 Å². The quantitative estimate of drug-likeness (QED) is 0.719. The Morgan fingerprint density at radius 2 is 1.71 bits per heavy atom. The highest BCUT2D eigenvalue weighted by molar-refractivity contribution is 5.20. The van der Waals surface area contributed by atoms with Crippen LogP contribution in [0.3, 0.4) is 0 Å². The summed E-state index contributed by atoms with van der Waals surface area (Å²) in [5, 5.41) is 0. The molecule has 0 spiro atoms. The van der Waals surface area contributed by atoms with Crippen molar-refractivity contribution in [1.29, 1.82) is 0 Å². The molecule has 0 saturated carbocycles. The Morgan fingerprint density at radius 1 is 1.14 bits per heavy atom. The third kappa shape index (κ3) is 7.99. The molecule has 1 aliphatic carbocycles. The molecule has 0 aromatic rings. The van der Waals surface area contributed by atoms with Crippen LogP contribution in [0, 0.1) is 0 Å². The van der Waals surface area contributed by atoms with Crippen molar-refractivity contribution in [1.82, 2.24) is 0 Å². The lowest BCUT2D eigenvalue weighted by atomic mass is 10.0. The molecule has 2 heteroatoms. The standard InChI is InChI=1S/C8H12FN.2C2H6/c9-8-3-1-7(2-4-8)5-6-10;2*1-2/h1,3H,2,4-6,10H2;2*1-2H3. The Morgan fingerprint density at radius 3 is 2.07 bits per heavy atom. The molecule has 0 aliphatic heterocycles. The molecule has 0 heterocycles. The molecule has 0 aromatic carbocycles. The summed E-state index contributed by atoms with van der Waals surface area (Å²) in [6.45, 7) is 8.67. The number of rotatable bonds is 2. The zero-order valence-corrected chi connectivity index (χ0v) is 9.94. The molecule has 1 aliphatic rings. The summed E-state index contributed by atoms with van der Waals surface area (Å²) in [5.74, 6) is -0.0132. The summed E-state index contributed by atoms with van der Waals surface area (Å²) in [7, 11) is 0. The van der Waals surface area contributed by atoms with Crippen LogP contribution in [-0.4, -0.2) is 6.54 Å². The van der Waals surface area contributed by atoms with Gasteiger partial charge in [0.1, 0.15) is 5.83 Å². The van der Waals surface area contributed by atoms with E-state index < -0.39 is 0 Å². The fourth-order valence-electron chi connectivity index (χ4n) is 1.05. The fourth-order valence-corrected chi connectivity index (χ4v) is 1.05. The average molecular weight is 201 g/mol. The summed E-state index contributed by atoms with van der Waals surface area (Å²) >= 11 is 0. The van der Waals surface area contributed by atoms with E-state index in [1.54, 1.807) is 0 Å². The van der Waals surface area contributed by atoms with Gasteiger partial charge in [-0.15, -0.1) is 0 Å². The third-order valence-electron chi connectivity index (χ3n) is 1.65. The number of nitrogens with two attached hydrogens (primary N) is 1. The van der Waals surface area contributed by atoms with Gasteiger partial charge in [0.25, 0.3) is 0 Å². The van der Waals surface area contributed by atoms with Crippen molar-refractivity contribution in [3.05, 3.63) is 23.6 Å². The molecule has 0 unspecified atom stereocenters. The first-order valence-electron chi connectivity index (χ1n) is 5.57. The Kier molecular flexibility index (Phi) is 14.0. The van der Waals surface area contributed by atoms with Crippen molar-refractivity contribution in [2.45, 2.75) is 47.0 Å². The van der Waals surface area contributed by atoms with Gasteiger partial charge in [0.15, 0.2) is 0 Å². The minimum Gasteiger partial charge on any atom is -0.330 e. The second kappa shape index (κ2) is 12.4. The van der Waals surface area contributed by atoms with Crippen LogP contribution in [0.25, 0.3) is 0 Å². The topological polar surface area (TPSA) is 26.0 Å². The normalized spacial score (nSPS) is 13.9. The van der Waals surface area contributed by atoms with Crippen LogP contribution >= 0.6 is 0 Å². The number of hydrogen-bond acceptors (Lipinski definition) is 1. The van der Waals surface area contributed by atoms with E-state index in [0.29, 0.717) is 13.0 Å². The van der Waals surface area contributed by atoms with E-state index in [9.17, 15) is 4.39 Å². The van der Waals surface area contributed by atoms with Crippen molar-refractivity contribution in [2.24, 2.45) is 5.73 Å². The van der Waals surface area contributed by atoms with Crippen LogP contribution in [0.2, 0.25) is 0 Å². The van der Waals surface area contributed by atoms with Crippen molar-refractivity contribution in [3.8, 4) is 0 Å². The molecule has 2 N–H and O–H groups in total. The van der Waals surface area contributed by atoms with Crippen LogP contribution < -0.4 is 5.73 Å². The highest BCUT2D eigenvalue weighted by atomic mass is 19.1. The highest BCUT2D eigenvalue weighted by Gasteiger charge is 2.03. The molecule has 84 valence electrons. The van der Waals surface area contributed by atoms with Gasteiger partial charge in [-0.2, -0.15) is 0 Å². The first kappa shape index (κ1) is 15.8. The monoisotopic (exact) mass is 201 g/mol. The van der Waals surface area contributed by atoms with Crippen molar-refractivity contribution in [3.63, 3.8) is 0 Å². The van der Waals surface area contributed by atoms with Gasteiger partial charge in [-0.05, 0) is 25.5 Å². The molecule has 14 heavy (non-hydrogen) atoms. The van der Waals surface area contributed by atoms with Crippen LogP contribution in [0.1, 0.15) is 47.0 Å². The second-order valence-electron chi connectivity index (χ2n) is 2.48. The lowest BCUT2D eigenvalue weighted by molar-refractivity contribution is 0.578. The Bertz CT molecular complexity index is 167. The highest BCUT2D eigenvalue weighted by Crippen LogP contribution is 2.20. The van der Waals surface area contributed by atoms with Gasteiger partial charge in [-0.25, -0.2) is 4.39 Å². The summed E-state index contributed by atoms with van der Waals surface area (Å²) in [6.07, 6.45) is 5.69. The van der Waals surface area contributed by atoms with E-state index in [1.165, 1.54) is 11.6 Å². The summed E-state index contributed by atoms with van der Waals surface area (Å²) in [4.78, 5) is 0. The zero-order chi connectivity index (χ0) is 11.4. The smallest absolute Gasteiger partial charge is 0.100 e. The zero-order valence-electron chi connectivity index (χ0n) is 9.94. The van der Waals surface area contributed by atoms with E-state index >= 15 is 0 Å². The second-order valence-corrected chi connectivity index (χ2v) is 2.48. The maximum atomic E-state index is 12.4. The Balaban J connectivity index is 0. The molecule has 0 radical (unpaired) electrons. The van der Waals surface area contributed by atoms with E-state index in [2.05, 4.69) is 0 Å². The predicted molar refractivity (Wildman–Crippen MR) is 62.9 cm³/mol. The first-order chi connectivity index (χ1) is 6.83. The van der Waals surface area contributed by atoms with E-state index in [1.807, 2.05) is 33.8 Å². The van der Waals surface area contributed by atoms with Gasteiger partial charge in [-0.1, -0.05) is 39.3 Å². The first-order valence-corrected chi connectivity index (χ1v) is 5.57. The van der Waals surface area contributed by atoms with E-state index in [4.69, 9.17) is 5.73 Å². The van der Waals surface area contributed by atoms with E-state index in [-0.39, 0.29) is 5.83 Å². The van der Waals surface area contributed by atoms with Crippen molar-refractivity contribution < 1.29 is 4.39 Å². The largest absolute Gasteiger partial charge is 0.330 e. The average Bonchev–Trinajstić information content (AvgIpc) is 2.28. The maximum absolute atomic E-state index is 12.4.